The molecule has 0 unspecified atom stereocenters. The van der Waals surface area contributed by atoms with Crippen molar-refractivity contribution in [2.45, 2.75) is 25.8 Å². The molecule has 1 saturated heterocycles. The summed E-state index contributed by atoms with van der Waals surface area (Å²) in [5, 5.41) is 7.37. The van der Waals surface area contributed by atoms with Gasteiger partial charge in [-0.1, -0.05) is 24.1 Å². The van der Waals surface area contributed by atoms with Crippen molar-refractivity contribution < 1.29 is 14.3 Å². The minimum atomic E-state index is -0.317. The fraction of sp³-hybridized carbons (Fsp3) is 0.308. The minimum Gasteiger partial charge on any atom is -0.456 e. The third-order valence-electron chi connectivity index (χ3n) is 6.61. The van der Waals surface area contributed by atoms with E-state index in [2.05, 4.69) is 22.1 Å². The van der Waals surface area contributed by atoms with Crippen LogP contribution in [0.4, 0.5) is 5.82 Å². The minimum absolute atomic E-state index is 0.0577. The number of aromatic nitrogens is 3. The number of amides is 2. The van der Waals surface area contributed by atoms with Crippen LogP contribution in [0.15, 0.2) is 48.7 Å². The van der Waals surface area contributed by atoms with Crippen LogP contribution in [-0.2, 0) is 4.79 Å². The number of nitrogens with zero attached hydrogens (tertiary/aromatic N) is 4. The number of anilines is 1. The Morgan fingerprint density at radius 1 is 1.14 bits per heavy atom. The molecule has 0 bridgehead atoms. The number of carbonyl (C=O) groups is 2. The van der Waals surface area contributed by atoms with Crippen molar-refractivity contribution in [3.63, 3.8) is 0 Å². The van der Waals surface area contributed by atoms with Crippen LogP contribution < -0.4 is 15.8 Å². The van der Waals surface area contributed by atoms with Gasteiger partial charge in [0.1, 0.15) is 28.6 Å². The molecule has 178 valence electrons. The van der Waals surface area contributed by atoms with Crippen LogP contribution >= 0.6 is 0 Å². The zero-order chi connectivity index (χ0) is 24.6. The number of ether oxygens (including phenoxy) is 1. The second kappa shape index (κ2) is 8.80. The first-order valence-corrected chi connectivity index (χ1v) is 11.4. The lowest BCUT2D eigenvalue weighted by Gasteiger charge is -2.58. The molecule has 0 radical (unpaired) electrons. The van der Waals surface area contributed by atoms with Gasteiger partial charge in [-0.3, -0.25) is 14.6 Å². The predicted octanol–water partition coefficient (Wildman–Crippen LogP) is 2.87. The SMILES string of the molecule is CC#CC(=O)N1CC2(CC(n3nc(-c4ccc(Oc5ccccc5)cn4)c(C(=O)NC)c3N)C2)C1. The summed E-state index contributed by atoms with van der Waals surface area (Å²) in [4.78, 5) is 30.9. The molecule has 5 rings (SSSR count). The monoisotopic (exact) mass is 470 g/mol. The van der Waals surface area contributed by atoms with E-state index in [4.69, 9.17) is 15.6 Å². The van der Waals surface area contributed by atoms with E-state index in [-0.39, 0.29) is 23.3 Å². The van der Waals surface area contributed by atoms with Crippen LogP contribution in [0, 0.1) is 17.3 Å². The molecule has 1 saturated carbocycles. The summed E-state index contributed by atoms with van der Waals surface area (Å²) >= 11 is 0. The van der Waals surface area contributed by atoms with Crippen LogP contribution in [-0.4, -0.2) is 51.6 Å². The number of hydrogen-bond acceptors (Lipinski definition) is 6. The van der Waals surface area contributed by atoms with Crippen LogP contribution in [0.2, 0.25) is 0 Å². The second-order valence-corrected chi connectivity index (χ2v) is 9.03. The van der Waals surface area contributed by atoms with Crippen molar-refractivity contribution in [1.29, 1.82) is 0 Å². The van der Waals surface area contributed by atoms with E-state index < -0.39 is 0 Å². The summed E-state index contributed by atoms with van der Waals surface area (Å²) in [6.45, 7) is 3.04. The molecular weight excluding hydrogens is 444 g/mol. The zero-order valence-electron chi connectivity index (χ0n) is 19.6. The van der Waals surface area contributed by atoms with Crippen molar-refractivity contribution >= 4 is 17.6 Å². The summed E-state index contributed by atoms with van der Waals surface area (Å²) in [5.74, 6) is 6.40. The van der Waals surface area contributed by atoms with Gasteiger partial charge >= 0.3 is 0 Å². The highest BCUT2D eigenvalue weighted by molar-refractivity contribution is 6.03. The van der Waals surface area contributed by atoms with Gasteiger partial charge in [0.15, 0.2) is 0 Å². The molecule has 1 aliphatic heterocycles. The van der Waals surface area contributed by atoms with Gasteiger partial charge in [0, 0.05) is 25.6 Å². The third kappa shape index (κ3) is 4.08. The van der Waals surface area contributed by atoms with Crippen LogP contribution in [0.1, 0.15) is 36.2 Å². The number of para-hydroxylation sites is 1. The summed E-state index contributed by atoms with van der Waals surface area (Å²) in [6.07, 6.45) is 3.28. The standard InChI is InChI=1S/C26H26N6O3/c1-3-7-21(33)31-15-26(16-31)12-17(13-26)32-24(27)22(25(34)28-2)23(30-32)20-11-10-19(14-29-20)35-18-8-5-4-6-9-18/h4-6,8-11,14,17H,12-13,15-16,27H2,1-2H3,(H,28,34). The molecular formula is C26H26N6O3. The van der Waals surface area contributed by atoms with Crippen molar-refractivity contribution in [3.05, 3.63) is 54.2 Å². The number of pyridine rings is 1. The number of nitrogens with one attached hydrogen (secondary N) is 1. The van der Waals surface area contributed by atoms with E-state index in [0.717, 1.165) is 12.8 Å². The van der Waals surface area contributed by atoms with E-state index in [1.54, 1.807) is 41.9 Å². The van der Waals surface area contributed by atoms with E-state index in [0.29, 0.717) is 47.4 Å². The van der Waals surface area contributed by atoms with Gasteiger partial charge in [-0.2, -0.15) is 5.10 Å². The Hall–Kier alpha value is -4.32. The van der Waals surface area contributed by atoms with E-state index in [1.165, 1.54) is 0 Å². The lowest BCUT2D eigenvalue weighted by molar-refractivity contribution is -0.148. The summed E-state index contributed by atoms with van der Waals surface area (Å²) in [5.41, 5.74) is 7.77. The average Bonchev–Trinajstić information content (AvgIpc) is 3.15. The highest BCUT2D eigenvalue weighted by atomic mass is 16.5. The Morgan fingerprint density at radius 3 is 2.51 bits per heavy atom. The Labute approximate surface area is 203 Å². The topological polar surface area (TPSA) is 115 Å². The Kier molecular flexibility index (Phi) is 5.65. The number of nitrogen functional groups attached to an aromatic ring is 1. The Balaban J connectivity index is 1.35. The predicted molar refractivity (Wildman–Crippen MR) is 131 cm³/mol. The maximum atomic E-state index is 12.7. The molecule has 3 heterocycles. The smallest absolute Gasteiger partial charge is 0.298 e. The maximum absolute atomic E-state index is 12.7. The van der Waals surface area contributed by atoms with Gasteiger partial charge in [-0.15, -0.1) is 0 Å². The molecule has 9 nitrogen and oxygen atoms in total. The van der Waals surface area contributed by atoms with Gasteiger partial charge in [0.25, 0.3) is 11.8 Å². The van der Waals surface area contributed by atoms with Crippen LogP contribution in [0.5, 0.6) is 11.5 Å². The number of hydrogen-bond donors (Lipinski definition) is 2. The third-order valence-corrected chi connectivity index (χ3v) is 6.61. The number of likely N-dealkylation sites (tertiary alicyclic amines) is 1. The quantitative estimate of drug-likeness (QED) is 0.554. The summed E-state index contributed by atoms with van der Waals surface area (Å²) in [7, 11) is 1.56. The van der Waals surface area contributed by atoms with Crippen molar-refractivity contribution in [2.75, 3.05) is 25.9 Å². The second-order valence-electron chi connectivity index (χ2n) is 9.03. The molecule has 2 fully saturated rings. The summed E-state index contributed by atoms with van der Waals surface area (Å²) in [6, 6.07) is 13.0. The highest BCUT2D eigenvalue weighted by Gasteiger charge is 2.54. The number of benzene rings is 1. The van der Waals surface area contributed by atoms with E-state index >= 15 is 0 Å². The molecule has 1 aromatic carbocycles. The normalized spacial score (nSPS) is 16.0. The molecule has 2 aromatic heterocycles. The molecule has 1 spiro atoms. The first kappa shape index (κ1) is 22.5. The molecule has 35 heavy (non-hydrogen) atoms. The van der Waals surface area contributed by atoms with Crippen molar-refractivity contribution in [2.24, 2.45) is 5.41 Å². The average molecular weight is 471 g/mol. The van der Waals surface area contributed by atoms with Crippen molar-refractivity contribution in [3.8, 4) is 34.7 Å². The molecule has 2 amide bonds. The fourth-order valence-corrected chi connectivity index (χ4v) is 4.92. The van der Waals surface area contributed by atoms with E-state index in [9.17, 15) is 9.59 Å². The van der Waals surface area contributed by atoms with Crippen LogP contribution in [0.25, 0.3) is 11.4 Å². The number of carbonyl (C=O) groups excluding carboxylic acids is 2. The molecule has 3 aromatic rings. The lowest BCUT2D eigenvalue weighted by atomic mass is 9.60. The lowest BCUT2D eigenvalue weighted by Crippen LogP contribution is -2.63. The van der Waals surface area contributed by atoms with Crippen LogP contribution in [0.3, 0.4) is 0 Å². The summed E-state index contributed by atoms with van der Waals surface area (Å²) < 4.78 is 7.55. The van der Waals surface area contributed by atoms with Crippen molar-refractivity contribution in [1.82, 2.24) is 25.0 Å². The fourth-order valence-electron chi connectivity index (χ4n) is 4.92. The molecule has 2 aliphatic rings. The molecule has 3 N–H and O–H groups in total. The van der Waals surface area contributed by atoms with Gasteiger partial charge in [0.05, 0.1) is 17.9 Å². The maximum Gasteiger partial charge on any atom is 0.298 e. The Morgan fingerprint density at radius 2 is 1.89 bits per heavy atom. The van der Waals surface area contributed by atoms with Gasteiger partial charge in [-0.05, 0) is 50.0 Å². The number of nitrogens with two attached hydrogens (primary N) is 1. The largest absolute Gasteiger partial charge is 0.456 e. The molecule has 9 heteroatoms. The molecule has 0 atom stereocenters. The highest BCUT2D eigenvalue weighted by Crippen LogP contribution is 2.54. The van der Waals surface area contributed by atoms with Gasteiger partial charge < -0.3 is 20.7 Å². The number of rotatable bonds is 5. The Bertz CT molecular complexity index is 1320. The zero-order valence-corrected chi connectivity index (χ0v) is 19.6. The first-order chi connectivity index (χ1) is 16.9. The van der Waals surface area contributed by atoms with E-state index in [1.807, 2.05) is 30.3 Å². The van der Waals surface area contributed by atoms with Gasteiger partial charge in [-0.25, -0.2) is 4.68 Å². The molecule has 1 aliphatic carbocycles. The van der Waals surface area contributed by atoms with Gasteiger partial charge in [0.2, 0.25) is 0 Å². The first-order valence-electron chi connectivity index (χ1n) is 11.4.